The van der Waals surface area contributed by atoms with Gasteiger partial charge in [0.2, 0.25) is 0 Å². The smallest absolute Gasteiger partial charge is 0.462 e. The summed E-state index contributed by atoms with van der Waals surface area (Å²) in [6.07, 6.45) is 22.6. The average molecular weight is 1200 g/mol. The molecule has 0 aliphatic carbocycles. The maximum atomic E-state index is 12.9. The Morgan fingerprint density at radius 3 is 1.52 bits per heavy atom. The molecule has 10 N–H and O–H groups in total. The maximum Gasteiger partial charge on any atom is 0.472 e. The van der Waals surface area contributed by atoms with Crippen molar-refractivity contribution < 1.29 is 102 Å². The van der Waals surface area contributed by atoms with Crippen LogP contribution in [0, 0.1) is 0 Å². The van der Waals surface area contributed by atoms with Crippen molar-refractivity contribution >= 4 is 19.8 Å². The lowest BCUT2D eigenvalue weighted by Crippen LogP contribution is -2.61. The summed E-state index contributed by atoms with van der Waals surface area (Å²) < 4.78 is 61.0. The van der Waals surface area contributed by atoms with Crippen molar-refractivity contribution in [2.45, 2.75) is 255 Å². The van der Waals surface area contributed by atoms with Gasteiger partial charge in [0.05, 0.1) is 72.2 Å². The molecule has 1 fully saturated rings. The minimum absolute atomic E-state index is 0.0675. The van der Waals surface area contributed by atoms with Crippen molar-refractivity contribution in [1.29, 1.82) is 0 Å². The highest BCUT2D eigenvalue weighted by molar-refractivity contribution is 7.47. The van der Waals surface area contributed by atoms with Gasteiger partial charge < -0.3 is 84.2 Å². The zero-order chi connectivity index (χ0) is 60.3. The Labute approximate surface area is 490 Å². The Hall–Kier alpha value is -2.03. The van der Waals surface area contributed by atoms with Gasteiger partial charge in [-0.15, -0.1) is 0 Å². The number of rotatable bonds is 58. The summed E-state index contributed by atoms with van der Waals surface area (Å²) in [6.45, 7) is 2.48. The molecular formula is C59H112NO21P. The molecule has 0 aromatic heterocycles. The topological polar surface area (TPSA) is 328 Å². The van der Waals surface area contributed by atoms with Crippen molar-refractivity contribution in [1.82, 2.24) is 5.32 Å². The van der Waals surface area contributed by atoms with E-state index in [1.54, 1.807) is 0 Å². The molecule has 0 bridgehead atoms. The highest BCUT2D eigenvalue weighted by Gasteiger charge is 2.47. The third-order valence-electron chi connectivity index (χ3n) is 13.9. The van der Waals surface area contributed by atoms with Gasteiger partial charge in [-0.25, -0.2) is 4.57 Å². The molecule has 1 aliphatic heterocycles. The van der Waals surface area contributed by atoms with E-state index in [-0.39, 0.29) is 78.8 Å². The van der Waals surface area contributed by atoms with Crippen molar-refractivity contribution in [3.05, 3.63) is 24.3 Å². The van der Waals surface area contributed by atoms with E-state index < -0.39 is 101 Å². The van der Waals surface area contributed by atoms with Gasteiger partial charge in [-0.2, -0.15) is 0 Å². The molecule has 1 heterocycles. The summed E-state index contributed by atoms with van der Waals surface area (Å²) in [5.41, 5.74) is 0. The molecule has 11 atom stereocenters. The molecule has 23 heteroatoms. The fourth-order valence-electron chi connectivity index (χ4n) is 8.84. The maximum absolute atomic E-state index is 12.9. The fourth-order valence-corrected chi connectivity index (χ4v) is 9.57. The molecule has 0 aromatic rings. The monoisotopic (exact) mass is 1200 g/mol. The van der Waals surface area contributed by atoms with Gasteiger partial charge in [-0.05, 0) is 64.2 Å². The summed E-state index contributed by atoms with van der Waals surface area (Å²) >= 11 is 0. The molecule has 82 heavy (non-hydrogen) atoms. The molecule has 0 spiro atoms. The molecule has 1 saturated heterocycles. The molecule has 0 saturated carbocycles. The average Bonchev–Trinajstić information content (AvgIpc) is 3.50. The summed E-state index contributed by atoms with van der Waals surface area (Å²) in [4.78, 5) is 35.9. The number of hydrogen-bond donors (Lipinski definition) is 10. The zero-order valence-corrected chi connectivity index (χ0v) is 50.8. The first-order chi connectivity index (χ1) is 39.7. The number of unbranched alkanes of at least 4 members (excludes halogenated alkanes) is 22. The lowest BCUT2D eigenvalue weighted by Gasteiger charge is -2.42. The second kappa shape index (κ2) is 53.2. The van der Waals surface area contributed by atoms with E-state index in [0.29, 0.717) is 12.8 Å². The highest BCUT2D eigenvalue weighted by Crippen LogP contribution is 2.43. The molecule has 0 aromatic carbocycles. The lowest BCUT2D eigenvalue weighted by atomic mass is 9.98. The number of nitrogens with one attached hydrogen (secondary N) is 1. The van der Waals surface area contributed by atoms with E-state index >= 15 is 0 Å². The number of phosphoric acid groups is 1. The Morgan fingerprint density at radius 1 is 0.561 bits per heavy atom. The van der Waals surface area contributed by atoms with Crippen LogP contribution in [0.25, 0.3) is 0 Å². The Kier molecular flexibility index (Phi) is 50.6. The van der Waals surface area contributed by atoms with Crippen LogP contribution in [0.3, 0.4) is 0 Å². The molecule has 1 aliphatic rings. The van der Waals surface area contributed by atoms with E-state index in [4.69, 9.17) is 42.2 Å². The van der Waals surface area contributed by atoms with Gasteiger partial charge in [0.25, 0.3) is 0 Å². The first kappa shape index (κ1) is 78.0. The van der Waals surface area contributed by atoms with Gasteiger partial charge >= 0.3 is 19.8 Å². The van der Waals surface area contributed by atoms with Crippen LogP contribution in [0.15, 0.2) is 24.3 Å². The Morgan fingerprint density at radius 2 is 1.02 bits per heavy atom. The van der Waals surface area contributed by atoms with Gasteiger partial charge in [-0.3, -0.25) is 18.6 Å². The van der Waals surface area contributed by atoms with Gasteiger partial charge in [0.15, 0.2) is 12.4 Å². The predicted octanol–water partition coefficient (Wildman–Crippen LogP) is 6.55. The van der Waals surface area contributed by atoms with Crippen LogP contribution < -0.4 is 5.32 Å². The first-order valence-electron chi connectivity index (χ1n) is 31.0. The Balaban J connectivity index is 2.38. The van der Waals surface area contributed by atoms with Gasteiger partial charge in [0.1, 0.15) is 49.3 Å². The molecule has 0 radical (unpaired) electrons. The number of hydrogen-bond acceptors (Lipinski definition) is 21. The molecule has 1 rings (SSSR count). The SMILES string of the molecule is CCCCCCCC/C=C\CCCCCCCC(=O)OCC(COP(=O)(O)OCCOCCOCCOCCNC[C@H](O)[C@@H](O)[C@H](O[C@@H]1O[C@H](CO)[C@H](O)[C@H](O)[C@H]1O)[C@H](O)CO)OC(=O)CCCCCCC/C=C\CCCCCCCC. The summed E-state index contributed by atoms with van der Waals surface area (Å²) in [7, 11) is -4.62. The second-order valence-electron chi connectivity index (χ2n) is 21.2. The number of ether oxygens (including phenoxy) is 7. The Bertz CT molecular complexity index is 1600. The van der Waals surface area contributed by atoms with Gasteiger partial charge in [-0.1, -0.05) is 141 Å². The van der Waals surface area contributed by atoms with Crippen LogP contribution in [0.5, 0.6) is 0 Å². The molecule has 484 valence electrons. The van der Waals surface area contributed by atoms with Gasteiger partial charge in [0, 0.05) is 25.9 Å². The number of esters is 2. The molecule has 22 nitrogen and oxygen atoms in total. The number of phosphoric ester groups is 1. The number of aliphatic hydroxyl groups excluding tert-OH is 8. The summed E-state index contributed by atoms with van der Waals surface area (Å²) in [5.74, 6) is -0.965. The van der Waals surface area contributed by atoms with Crippen LogP contribution in [0.1, 0.15) is 194 Å². The van der Waals surface area contributed by atoms with E-state index in [0.717, 1.165) is 77.0 Å². The van der Waals surface area contributed by atoms with Crippen LogP contribution in [-0.2, 0) is 56.4 Å². The first-order valence-corrected chi connectivity index (χ1v) is 32.5. The summed E-state index contributed by atoms with van der Waals surface area (Å²) in [6, 6.07) is 0. The zero-order valence-electron chi connectivity index (χ0n) is 49.9. The van der Waals surface area contributed by atoms with E-state index in [9.17, 15) is 59.9 Å². The minimum atomic E-state index is -4.62. The number of carbonyl (C=O) groups excluding carboxylic acids is 2. The number of carbonyl (C=O) groups is 2. The highest BCUT2D eigenvalue weighted by atomic mass is 31.2. The number of aliphatic hydroxyl groups is 8. The quantitative estimate of drug-likeness (QED) is 0.0134. The van der Waals surface area contributed by atoms with Crippen molar-refractivity contribution in [2.75, 3.05) is 85.8 Å². The van der Waals surface area contributed by atoms with Crippen molar-refractivity contribution in [3.63, 3.8) is 0 Å². The third-order valence-corrected chi connectivity index (χ3v) is 14.9. The predicted molar refractivity (Wildman–Crippen MR) is 311 cm³/mol. The van der Waals surface area contributed by atoms with E-state index in [1.165, 1.54) is 77.0 Å². The van der Waals surface area contributed by atoms with E-state index in [1.807, 2.05) is 0 Å². The summed E-state index contributed by atoms with van der Waals surface area (Å²) in [5, 5.41) is 83.5. The lowest BCUT2D eigenvalue weighted by molar-refractivity contribution is -0.327. The van der Waals surface area contributed by atoms with Crippen molar-refractivity contribution in [3.8, 4) is 0 Å². The van der Waals surface area contributed by atoms with Crippen molar-refractivity contribution in [2.24, 2.45) is 0 Å². The fraction of sp³-hybridized carbons (Fsp3) is 0.898. The van der Waals surface area contributed by atoms with E-state index in [2.05, 4.69) is 43.5 Å². The molecule has 0 amide bonds. The van der Waals surface area contributed by atoms with Crippen LogP contribution in [-0.4, -0.2) is 205 Å². The van der Waals surface area contributed by atoms with Crippen LogP contribution in [0.4, 0.5) is 0 Å². The molecular weight excluding hydrogens is 1090 g/mol. The second-order valence-corrected chi connectivity index (χ2v) is 22.7. The standard InChI is InChI=1S/C59H112NO21P/c1-3-5-7-9-11-13-15-17-19-21-23-25-27-29-31-33-52(65)76-46-48(79-53(66)34-32-30-28-26-24-22-20-18-16-14-12-10-8-6-4-2)47-78-82(71,72)77-42-41-75-40-39-74-38-37-73-36-35-60-43-49(63)54(67)58(50(64)44-61)81-59-57(70)56(69)55(68)51(45-62)80-59/h17-20,48-51,54-64,67-70H,3-16,21-47H2,1-2H3,(H,71,72)/b19-17-,20-18-/t48?,49-,50+,51+,54+,55-,56-,57+,58+,59-/m0/s1. The normalized spacial score (nSPS) is 20.3. The van der Waals surface area contributed by atoms with Crippen LogP contribution in [0.2, 0.25) is 0 Å². The van der Waals surface area contributed by atoms with Crippen LogP contribution >= 0.6 is 7.82 Å². The number of allylic oxidation sites excluding steroid dienone is 4. The third kappa shape index (κ3) is 41.9. The minimum Gasteiger partial charge on any atom is -0.462 e. The molecule has 2 unspecified atom stereocenters. The largest absolute Gasteiger partial charge is 0.472 e.